The van der Waals surface area contributed by atoms with E-state index in [-0.39, 0.29) is 0 Å². The van der Waals surface area contributed by atoms with Gasteiger partial charge >= 0.3 is 0 Å². The largest absolute Gasteiger partial charge is 0.290 e. The highest BCUT2D eigenvalue weighted by Gasteiger charge is 2.29. The van der Waals surface area contributed by atoms with Gasteiger partial charge in [-0.15, -0.1) is 11.3 Å². The minimum absolute atomic E-state index is 0.441. The van der Waals surface area contributed by atoms with Crippen molar-refractivity contribution in [1.82, 2.24) is 19.7 Å². The number of halogens is 1. The molecule has 20 heavy (non-hydrogen) atoms. The molecule has 2 aromatic rings. The third kappa shape index (κ3) is 2.50. The Kier molecular flexibility index (Phi) is 4.10. The molecule has 3 rings (SSSR count). The van der Waals surface area contributed by atoms with Gasteiger partial charge in [-0.2, -0.15) is 5.10 Å². The molecule has 1 aliphatic rings. The lowest BCUT2D eigenvalue weighted by Gasteiger charge is -2.22. The average Bonchev–Trinajstić information content (AvgIpc) is 3.15. The number of likely N-dealkylation sites (tertiary alicyclic amines) is 1. The molecule has 4 nitrogen and oxygen atoms in total. The maximum absolute atomic E-state index is 6.40. The highest BCUT2D eigenvalue weighted by atomic mass is 35.5. The van der Waals surface area contributed by atoms with E-state index in [0.717, 1.165) is 30.4 Å². The Balaban J connectivity index is 1.84. The van der Waals surface area contributed by atoms with Gasteiger partial charge in [0.05, 0.1) is 11.7 Å². The van der Waals surface area contributed by atoms with Crippen LogP contribution in [-0.4, -0.2) is 26.2 Å². The molecular formula is C14H19ClN4S. The summed E-state index contributed by atoms with van der Waals surface area (Å²) in [6, 6.07) is 0.441. The van der Waals surface area contributed by atoms with Gasteiger partial charge in [0.25, 0.3) is 0 Å². The van der Waals surface area contributed by atoms with E-state index in [2.05, 4.69) is 27.3 Å². The summed E-state index contributed by atoms with van der Waals surface area (Å²) < 4.78 is 1.78. The Labute approximate surface area is 128 Å². The van der Waals surface area contributed by atoms with Gasteiger partial charge in [0, 0.05) is 30.7 Å². The fourth-order valence-electron chi connectivity index (χ4n) is 2.94. The third-order valence-corrected chi connectivity index (χ3v) is 5.30. The predicted octanol–water partition coefficient (Wildman–Crippen LogP) is 3.43. The maximum Gasteiger partial charge on any atom is 0.131 e. The zero-order chi connectivity index (χ0) is 14.1. The van der Waals surface area contributed by atoms with Crippen LogP contribution in [0.2, 0.25) is 5.15 Å². The Hall–Kier alpha value is -0.910. The van der Waals surface area contributed by atoms with Gasteiger partial charge in [0.2, 0.25) is 0 Å². The molecule has 1 saturated heterocycles. The molecule has 108 valence electrons. The molecule has 0 aromatic carbocycles. The molecular weight excluding hydrogens is 292 g/mol. The van der Waals surface area contributed by atoms with E-state index in [4.69, 9.17) is 11.6 Å². The first-order chi connectivity index (χ1) is 9.70. The van der Waals surface area contributed by atoms with E-state index in [9.17, 15) is 0 Å². The van der Waals surface area contributed by atoms with Gasteiger partial charge in [-0.3, -0.25) is 9.58 Å². The van der Waals surface area contributed by atoms with Crippen molar-refractivity contribution in [3.8, 4) is 0 Å². The summed E-state index contributed by atoms with van der Waals surface area (Å²) in [6.45, 7) is 4.11. The first-order valence-corrected chi connectivity index (χ1v) is 8.30. The highest BCUT2D eigenvalue weighted by Crippen LogP contribution is 2.35. The highest BCUT2D eigenvalue weighted by molar-refractivity contribution is 7.09. The first kappa shape index (κ1) is 14.0. The van der Waals surface area contributed by atoms with E-state index in [1.54, 1.807) is 16.0 Å². The standard InChI is InChI=1S/C14H19ClN4S/c1-3-11-10(13(15)18(2)17-11)9-19-7-4-5-12(19)14-16-6-8-20-14/h6,8,12H,3-5,7,9H2,1-2H3/t12-/m0/s1. The Morgan fingerprint density at radius 1 is 1.50 bits per heavy atom. The number of thiazole rings is 1. The Bertz CT molecular complexity index is 578. The van der Waals surface area contributed by atoms with Crippen LogP contribution in [0.15, 0.2) is 11.6 Å². The quantitative estimate of drug-likeness (QED) is 0.867. The van der Waals surface area contributed by atoms with Gasteiger partial charge in [-0.25, -0.2) is 4.98 Å². The normalized spacial score (nSPS) is 19.9. The van der Waals surface area contributed by atoms with E-state index >= 15 is 0 Å². The van der Waals surface area contributed by atoms with Gasteiger partial charge in [0.15, 0.2) is 0 Å². The summed E-state index contributed by atoms with van der Waals surface area (Å²) in [5.74, 6) is 0. The van der Waals surface area contributed by atoms with Gasteiger partial charge in [-0.1, -0.05) is 18.5 Å². The Morgan fingerprint density at radius 3 is 3.05 bits per heavy atom. The number of aryl methyl sites for hydroxylation is 2. The molecule has 6 heteroatoms. The SMILES string of the molecule is CCc1nn(C)c(Cl)c1CN1CCC[C@H]1c1nccs1. The molecule has 3 heterocycles. The fourth-order valence-corrected chi connectivity index (χ4v) is 3.95. The monoisotopic (exact) mass is 310 g/mol. The number of aromatic nitrogens is 3. The van der Waals surface area contributed by atoms with E-state index in [0.29, 0.717) is 6.04 Å². The first-order valence-electron chi connectivity index (χ1n) is 7.04. The summed E-state index contributed by atoms with van der Waals surface area (Å²) in [4.78, 5) is 6.97. The van der Waals surface area contributed by atoms with Crippen molar-refractivity contribution in [2.45, 2.75) is 38.8 Å². The van der Waals surface area contributed by atoms with Crippen LogP contribution in [0, 0.1) is 0 Å². The molecule has 0 saturated carbocycles. The third-order valence-electron chi connectivity index (χ3n) is 3.95. The van der Waals surface area contributed by atoms with E-state index in [1.165, 1.54) is 23.4 Å². The van der Waals surface area contributed by atoms with Crippen LogP contribution in [-0.2, 0) is 20.0 Å². The summed E-state index contributed by atoms with van der Waals surface area (Å²) >= 11 is 8.15. The fraction of sp³-hybridized carbons (Fsp3) is 0.571. The lowest BCUT2D eigenvalue weighted by molar-refractivity contribution is 0.247. The molecule has 0 unspecified atom stereocenters. The second kappa shape index (κ2) is 5.84. The van der Waals surface area contributed by atoms with Gasteiger partial charge in [-0.05, 0) is 25.8 Å². The summed E-state index contributed by atoms with van der Waals surface area (Å²) in [7, 11) is 1.91. The van der Waals surface area contributed by atoms with Crippen LogP contribution in [0.1, 0.15) is 42.1 Å². The van der Waals surface area contributed by atoms with Gasteiger partial charge < -0.3 is 0 Å². The lowest BCUT2D eigenvalue weighted by Crippen LogP contribution is -2.23. The molecule has 0 bridgehead atoms. The van der Waals surface area contributed by atoms with Crippen LogP contribution in [0.5, 0.6) is 0 Å². The zero-order valence-corrected chi connectivity index (χ0v) is 13.4. The number of hydrogen-bond acceptors (Lipinski definition) is 4. The summed E-state index contributed by atoms with van der Waals surface area (Å²) in [5, 5.41) is 8.55. The predicted molar refractivity (Wildman–Crippen MR) is 82.1 cm³/mol. The minimum Gasteiger partial charge on any atom is -0.290 e. The average molecular weight is 311 g/mol. The van der Waals surface area contributed by atoms with Crippen molar-refractivity contribution in [3.63, 3.8) is 0 Å². The minimum atomic E-state index is 0.441. The molecule has 0 aliphatic carbocycles. The number of hydrogen-bond donors (Lipinski definition) is 0. The molecule has 0 N–H and O–H groups in total. The molecule has 0 radical (unpaired) electrons. The molecule has 0 amide bonds. The number of nitrogens with zero attached hydrogens (tertiary/aromatic N) is 4. The van der Waals surface area contributed by atoms with E-state index < -0.39 is 0 Å². The van der Waals surface area contributed by atoms with Crippen LogP contribution in [0.3, 0.4) is 0 Å². The van der Waals surface area contributed by atoms with E-state index in [1.807, 2.05) is 13.2 Å². The lowest BCUT2D eigenvalue weighted by atomic mass is 10.2. The zero-order valence-electron chi connectivity index (χ0n) is 11.8. The molecule has 1 fully saturated rings. The van der Waals surface area contributed by atoms with Crippen molar-refractivity contribution < 1.29 is 0 Å². The van der Waals surface area contributed by atoms with Crippen molar-refractivity contribution in [3.05, 3.63) is 33.0 Å². The second-order valence-electron chi connectivity index (χ2n) is 5.19. The van der Waals surface area contributed by atoms with Crippen LogP contribution < -0.4 is 0 Å². The van der Waals surface area contributed by atoms with Gasteiger partial charge in [0.1, 0.15) is 10.2 Å². The molecule has 2 aromatic heterocycles. The van der Waals surface area contributed by atoms with Crippen molar-refractivity contribution in [1.29, 1.82) is 0 Å². The topological polar surface area (TPSA) is 34.0 Å². The maximum atomic E-state index is 6.40. The van der Waals surface area contributed by atoms with Crippen molar-refractivity contribution >= 4 is 22.9 Å². The molecule has 0 spiro atoms. The summed E-state index contributed by atoms with van der Waals surface area (Å²) in [5.41, 5.74) is 2.29. The molecule has 1 aliphatic heterocycles. The number of rotatable bonds is 4. The second-order valence-corrected chi connectivity index (χ2v) is 6.48. The van der Waals surface area contributed by atoms with Crippen molar-refractivity contribution in [2.24, 2.45) is 7.05 Å². The smallest absolute Gasteiger partial charge is 0.131 e. The van der Waals surface area contributed by atoms with Crippen molar-refractivity contribution in [2.75, 3.05) is 6.54 Å². The van der Waals surface area contributed by atoms with Crippen LogP contribution >= 0.6 is 22.9 Å². The van der Waals surface area contributed by atoms with Crippen LogP contribution in [0.25, 0.3) is 0 Å². The Morgan fingerprint density at radius 2 is 2.35 bits per heavy atom. The summed E-state index contributed by atoms with van der Waals surface area (Å²) in [6.07, 6.45) is 5.23. The molecule has 1 atom stereocenters. The van der Waals surface area contributed by atoms with Crippen LogP contribution in [0.4, 0.5) is 0 Å².